The molecule has 0 bridgehead atoms. The molecule has 4 aromatic rings. The van der Waals surface area contributed by atoms with Gasteiger partial charge in [-0.05, 0) is 42.0 Å². The van der Waals surface area contributed by atoms with Crippen LogP contribution < -0.4 is 5.32 Å². The standard InChI is InChI=1S/C19H17ClN6/c20-17-3-5-18(6-4-17)26-14-16(13-24-26)11-21-10-15-2-7-19(22-12-15)25-9-1-8-23-25/h1-9,12-14,21H,10-11H2. The zero-order chi connectivity index (χ0) is 17.8. The van der Waals surface area contributed by atoms with E-state index >= 15 is 0 Å². The number of hydrogen-bond acceptors (Lipinski definition) is 4. The van der Waals surface area contributed by atoms with Crippen molar-refractivity contribution in [2.24, 2.45) is 0 Å². The molecule has 0 amide bonds. The molecule has 0 fully saturated rings. The Balaban J connectivity index is 1.33. The van der Waals surface area contributed by atoms with E-state index in [9.17, 15) is 0 Å². The maximum absolute atomic E-state index is 5.92. The van der Waals surface area contributed by atoms with E-state index < -0.39 is 0 Å². The number of nitrogens with zero attached hydrogens (tertiary/aromatic N) is 5. The third kappa shape index (κ3) is 3.82. The van der Waals surface area contributed by atoms with Gasteiger partial charge in [0.25, 0.3) is 0 Å². The number of rotatable bonds is 6. The largest absolute Gasteiger partial charge is 0.308 e. The number of pyridine rings is 1. The van der Waals surface area contributed by atoms with Crippen molar-refractivity contribution in [3.63, 3.8) is 0 Å². The van der Waals surface area contributed by atoms with Crippen molar-refractivity contribution >= 4 is 11.6 Å². The summed E-state index contributed by atoms with van der Waals surface area (Å²) < 4.78 is 3.58. The van der Waals surface area contributed by atoms with Crippen LogP contribution in [-0.2, 0) is 13.1 Å². The van der Waals surface area contributed by atoms with Gasteiger partial charge < -0.3 is 5.32 Å². The van der Waals surface area contributed by atoms with Crippen LogP contribution in [0, 0.1) is 0 Å². The van der Waals surface area contributed by atoms with Gasteiger partial charge in [0.05, 0.1) is 11.9 Å². The zero-order valence-electron chi connectivity index (χ0n) is 14.0. The normalized spacial score (nSPS) is 11.0. The van der Waals surface area contributed by atoms with Gasteiger partial charge in [0.1, 0.15) is 0 Å². The fourth-order valence-corrected chi connectivity index (χ4v) is 2.72. The Hall–Kier alpha value is -2.96. The number of benzene rings is 1. The summed E-state index contributed by atoms with van der Waals surface area (Å²) >= 11 is 5.92. The van der Waals surface area contributed by atoms with Crippen LogP contribution in [0.15, 0.2) is 73.4 Å². The Morgan fingerprint density at radius 2 is 1.73 bits per heavy atom. The van der Waals surface area contributed by atoms with Gasteiger partial charge in [-0.2, -0.15) is 10.2 Å². The molecule has 0 saturated carbocycles. The van der Waals surface area contributed by atoms with Crippen LogP contribution in [0.4, 0.5) is 0 Å². The lowest BCUT2D eigenvalue weighted by Crippen LogP contribution is -2.12. The molecular weight excluding hydrogens is 348 g/mol. The highest BCUT2D eigenvalue weighted by atomic mass is 35.5. The fourth-order valence-electron chi connectivity index (χ4n) is 2.60. The van der Waals surface area contributed by atoms with Gasteiger partial charge in [-0.3, -0.25) is 0 Å². The van der Waals surface area contributed by atoms with E-state index in [0.717, 1.165) is 40.7 Å². The van der Waals surface area contributed by atoms with E-state index in [-0.39, 0.29) is 0 Å². The SMILES string of the molecule is Clc1ccc(-n2cc(CNCc3ccc(-n4cccn4)nc3)cn2)cc1. The predicted molar refractivity (Wildman–Crippen MR) is 100 cm³/mol. The van der Waals surface area contributed by atoms with Crippen molar-refractivity contribution in [3.05, 3.63) is 89.6 Å². The van der Waals surface area contributed by atoms with E-state index in [2.05, 4.69) is 20.5 Å². The fraction of sp³-hybridized carbons (Fsp3) is 0.105. The van der Waals surface area contributed by atoms with Crippen molar-refractivity contribution in [2.75, 3.05) is 0 Å². The number of aromatic nitrogens is 5. The maximum atomic E-state index is 5.92. The molecule has 0 aliphatic heterocycles. The van der Waals surface area contributed by atoms with E-state index in [4.69, 9.17) is 11.6 Å². The monoisotopic (exact) mass is 364 g/mol. The summed E-state index contributed by atoms with van der Waals surface area (Å²) in [7, 11) is 0. The van der Waals surface area contributed by atoms with Crippen molar-refractivity contribution in [1.29, 1.82) is 0 Å². The third-order valence-corrected chi connectivity index (χ3v) is 4.19. The number of hydrogen-bond donors (Lipinski definition) is 1. The van der Waals surface area contributed by atoms with Crippen LogP contribution >= 0.6 is 11.6 Å². The molecule has 0 spiro atoms. The molecule has 3 aromatic heterocycles. The lowest BCUT2D eigenvalue weighted by molar-refractivity contribution is 0.690. The molecular formula is C19H17ClN6. The highest BCUT2D eigenvalue weighted by Crippen LogP contribution is 2.13. The van der Waals surface area contributed by atoms with Crippen LogP contribution in [0.3, 0.4) is 0 Å². The van der Waals surface area contributed by atoms with Gasteiger partial charge in [0.2, 0.25) is 0 Å². The van der Waals surface area contributed by atoms with Gasteiger partial charge in [0, 0.05) is 48.5 Å². The summed E-state index contributed by atoms with van der Waals surface area (Å²) in [5.74, 6) is 0.808. The summed E-state index contributed by atoms with van der Waals surface area (Å²) in [6, 6.07) is 13.5. The van der Waals surface area contributed by atoms with Crippen molar-refractivity contribution in [3.8, 4) is 11.5 Å². The molecule has 0 atom stereocenters. The Labute approximate surface area is 156 Å². The maximum Gasteiger partial charge on any atom is 0.153 e. The molecule has 26 heavy (non-hydrogen) atoms. The van der Waals surface area contributed by atoms with Crippen LogP contribution in [0.2, 0.25) is 5.02 Å². The molecule has 4 rings (SSSR count). The average Bonchev–Trinajstić information content (AvgIpc) is 3.35. The summed E-state index contributed by atoms with van der Waals surface area (Å²) in [4.78, 5) is 4.43. The first kappa shape index (κ1) is 16.5. The van der Waals surface area contributed by atoms with Crippen molar-refractivity contribution in [2.45, 2.75) is 13.1 Å². The highest BCUT2D eigenvalue weighted by molar-refractivity contribution is 6.30. The lowest BCUT2D eigenvalue weighted by atomic mass is 10.2. The van der Waals surface area contributed by atoms with Crippen LogP contribution in [0.1, 0.15) is 11.1 Å². The van der Waals surface area contributed by atoms with Crippen LogP contribution in [-0.4, -0.2) is 24.5 Å². The first-order valence-electron chi connectivity index (χ1n) is 8.23. The van der Waals surface area contributed by atoms with E-state index in [1.165, 1.54) is 0 Å². The average molecular weight is 365 g/mol. The first-order valence-corrected chi connectivity index (χ1v) is 8.61. The van der Waals surface area contributed by atoms with Crippen molar-refractivity contribution in [1.82, 2.24) is 29.9 Å². The number of nitrogens with one attached hydrogen (secondary N) is 1. The Kier molecular flexibility index (Phi) is 4.77. The molecule has 0 unspecified atom stereocenters. The Morgan fingerprint density at radius 3 is 2.46 bits per heavy atom. The summed E-state index contributed by atoms with van der Waals surface area (Å²) in [6.07, 6.45) is 9.34. The minimum absolute atomic E-state index is 0.718. The molecule has 3 heterocycles. The molecule has 7 heteroatoms. The molecule has 0 saturated heterocycles. The predicted octanol–water partition coefficient (Wildman–Crippen LogP) is 3.40. The molecule has 0 aliphatic rings. The first-order chi connectivity index (χ1) is 12.8. The van der Waals surface area contributed by atoms with Crippen LogP contribution in [0.25, 0.3) is 11.5 Å². The van der Waals surface area contributed by atoms with Gasteiger partial charge in [-0.25, -0.2) is 14.3 Å². The van der Waals surface area contributed by atoms with Gasteiger partial charge in [0.15, 0.2) is 5.82 Å². The Bertz CT molecular complexity index is 958. The highest BCUT2D eigenvalue weighted by Gasteiger charge is 2.02. The summed E-state index contributed by atoms with van der Waals surface area (Å²) in [5, 5.41) is 12.7. The van der Waals surface area contributed by atoms with E-state index in [0.29, 0.717) is 0 Å². The summed E-state index contributed by atoms with van der Waals surface area (Å²) in [6.45, 7) is 1.47. The smallest absolute Gasteiger partial charge is 0.153 e. The van der Waals surface area contributed by atoms with E-state index in [1.807, 2.05) is 71.9 Å². The minimum Gasteiger partial charge on any atom is -0.308 e. The van der Waals surface area contributed by atoms with Gasteiger partial charge in [-0.15, -0.1) is 0 Å². The summed E-state index contributed by atoms with van der Waals surface area (Å²) in [5.41, 5.74) is 3.21. The second-order valence-corrected chi connectivity index (χ2v) is 6.28. The lowest BCUT2D eigenvalue weighted by Gasteiger charge is -2.05. The molecule has 130 valence electrons. The quantitative estimate of drug-likeness (QED) is 0.569. The Morgan fingerprint density at radius 1 is 0.885 bits per heavy atom. The minimum atomic E-state index is 0.718. The molecule has 0 aliphatic carbocycles. The topological polar surface area (TPSA) is 60.6 Å². The van der Waals surface area contributed by atoms with Crippen LogP contribution in [0.5, 0.6) is 0 Å². The second kappa shape index (κ2) is 7.51. The third-order valence-electron chi connectivity index (χ3n) is 3.93. The van der Waals surface area contributed by atoms with E-state index in [1.54, 1.807) is 10.9 Å². The molecule has 1 N–H and O–H groups in total. The molecule has 0 radical (unpaired) electrons. The molecule has 1 aromatic carbocycles. The van der Waals surface area contributed by atoms with Crippen molar-refractivity contribution < 1.29 is 0 Å². The zero-order valence-corrected chi connectivity index (χ0v) is 14.7. The van der Waals surface area contributed by atoms with Gasteiger partial charge >= 0.3 is 0 Å². The molecule has 6 nitrogen and oxygen atoms in total. The number of halogens is 1. The second-order valence-electron chi connectivity index (χ2n) is 5.85. The van der Waals surface area contributed by atoms with Gasteiger partial charge in [-0.1, -0.05) is 17.7 Å².